The number of carbonyl (C=O) groups excluding carboxylic acids is 1. The highest BCUT2D eigenvalue weighted by Gasteiger charge is 2.20. The highest BCUT2D eigenvalue weighted by Crippen LogP contribution is 2.16. The van der Waals surface area contributed by atoms with E-state index in [1.54, 1.807) is 34.8 Å². The number of benzene rings is 1. The van der Waals surface area contributed by atoms with Gasteiger partial charge in [0.15, 0.2) is 0 Å². The van der Waals surface area contributed by atoms with Crippen molar-refractivity contribution in [3.05, 3.63) is 52.5 Å². The lowest BCUT2D eigenvalue weighted by molar-refractivity contribution is -0.139. The predicted molar refractivity (Wildman–Crippen MR) is 94.1 cm³/mol. The maximum absolute atomic E-state index is 11.7. The molecule has 1 aromatic carbocycles. The monoisotopic (exact) mass is 366 g/mol. The molecule has 0 bridgehead atoms. The number of carboxylic acid groups (broad SMARTS) is 1. The van der Waals surface area contributed by atoms with Gasteiger partial charge in [0.05, 0.1) is 5.51 Å². The van der Waals surface area contributed by atoms with Gasteiger partial charge in [-0.3, -0.25) is 4.98 Å². The van der Waals surface area contributed by atoms with Crippen LogP contribution in [0.3, 0.4) is 0 Å². The second kappa shape index (κ2) is 9.94. The molecule has 0 saturated heterocycles. The number of nitrogens with zero attached hydrogens (tertiary/aromatic N) is 1. The molecule has 0 saturated carbocycles. The number of hydrogen-bond acceptors (Lipinski definition) is 6. The molecule has 2 aromatic rings. The van der Waals surface area contributed by atoms with Crippen LogP contribution >= 0.6 is 23.1 Å². The van der Waals surface area contributed by atoms with Crippen LogP contribution in [0.5, 0.6) is 0 Å². The van der Waals surface area contributed by atoms with Crippen LogP contribution in [0.15, 0.2) is 42.0 Å². The SMILES string of the molecule is O=C(NC(CCSCc1cncs1)C(=O)O)OCc1ccccc1. The molecule has 8 heteroatoms. The van der Waals surface area contributed by atoms with E-state index in [2.05, 4.69) is 10.3 Å². The first kappa shape index (κ1) is 18.3. The molecule has 1 heterocycles. The maximum atomic E-state index is 11.7. The fourth-order valence-corrected chi connectivity index (χ4v) is 3.58. The molecular formula is C16H18N2O4S2. The summed E-state index contributed by atoms with van der Waals surface area (Å²) >= 11 is 3.17. The number of carbonyl (C=O) groups is 2. The minimum atomic E-state index is -1.06. The summed E-state index contributed by atoms with van der Waals surface area (Å²) in [5.41, 5.74) is 2.61. The Morgan fingerprint density at radius 1 is 1.33 bits per heavy atom. The van der Waals surface area contributed by atoms with Crippen LogP contribution < -0.4 is 5.32 Å². The topological polar surface area (TPSA) is 88.5 Å². The molecular weight excluding hydrogens is 348 g/mol. The third kappa shape index (κ3) is 6.59. The Kier molecular flexibility index (Phi) is 7.57. The Balaban J connectivity index is 1.69. The first-order chi connectivity index (χ1) is 11.6. The van der Waals surface area contributed by atoms with Gasteiger partial charge < -0.3 is 15.2 Å². The van der Waals surface area contributed by atoms with E-state index >= 15 is 0 Å². The van der Waals surface area contributed by atoms with Crippen molar-refractivity contribution in [2.24, 2.45) is 0 Å². The van der Waals surface area contributed by atoms with Gasteiger partial charge >= 0.3 is 12.1 Å². The Bertz CT molecular complexity index is 635. The molecule has 1 atom stereocenters. The number of amides is 1. The molecule has 1 unspecified atom stereocenters. The largest absolute Gasteiger partial charge is 0.480 e. The van der Waals surface area contributed by atoms with Crippen LogP contribution in [0.2, 0.25) is 0 Å². The van der Waals surface area contributed by atoms with Gasteiger partial charge in [-0.25, -0.2) is 9.59 Å². The molecule has 0 spiro atoms. The van der Waals surface area contributed by atoms with E-state index in [-0.39, 0.29) is 6.61 Å². The van der Waals surface area contributed by atoms with Crippen molar-refractivity contribution in [1.82, 2.24) is 10.3 Å². The number of carboxylic acids is 1. The number of ether oxygens (including phenoxy) is 1. The van der Waals surface area contributed by atoms with Gasteiger partial charge in [0.1, 0.15) is 12.6 Å². The highest BCUT2D eigenvalue weighted by molar-refractivity contribution is 7.98. The molecule has 24 heavy (non-hydrogen) atoms. The maximum Gasteiger partial charge on any atom is 0.408 e. The van der Waals surface area contributed by atoms with Crippen LogP contribution in [-0.4, -0.2) is 33.9 Å². The summed E-state index contributed by atoms with van der Waals surface area (Å²) in [5.74, 6) is 0.341. The zero-order valence-corrected chi connectivity index (χ0v) is 14.5. The lowest BCUT2D eigenvalue weighted by atomic mass is 10.2. The molecule has 2 N–H and O–H groups in total. The van der Waals surface area contributed by atoms with E-state index in [0.29, 0.717) is 12.2 Å². The zero-order chi connectivity index (χ0) is 17.2. The second-order valence-electron chi connectivity index (χ2n) is 4.91. The molecule has 6 nitrogen and oxygen atoms in total. The van der Waals surface area contributed by atoms with E-state index in [1.165, 1.54) is 0 Å². The normalized spacial score (nSPS) is 11.7. The molecule has 0 aliphatic heterocycles. The van der Waals surface area contributed by atoms with Crippen molar-refractivity contribution in [1.29, 1.82) is 0 Å². The Morgan fingerprint density at radius 2 is 2.12 bits per heavy atom. The number of rotatable bonds is 9. The summed E-state index contributed by atoms with van der Waals surface area (Å²) in [7, 11) is 0. The number of alkyl carbamates (subject to hydrolysis) is 1. The van der Waals surface area contributed by atoms with Gasteiger partial charge in [0, 0.05) is 16.8 Å². The van der Waals surface area contributed by atoms with Gasteiger partial charge in [-0.15, -0.1) is 11.3 Å². The summed E-state index contributed by atoms with van der Waals surface area (Å²) in [5, 5.41) is 11.6. The second-order valence-corrected chi connectivity index (χ2v) is 6.98. The number of thioether (sulfide) groups is 1. The number of aromatic nitrogens is 1. The lowest BCUT2D eigenvalue weighted by Gasteiger charge is -2.14. The van der Waals surface area contributed by atoms with Crippen LogP contribution in [0, 0.1) is 0 Å². The standard InChI is InChI=1S/C16H18N2O4S2/c19-15(20)14(6-7-23-10-13-8-17-11-24-13)18-16(21)22-9-12-4-2-1-3-5-12/h1-5,8,11,14H,6-7,9-10H2,(H,18,21)(H,19,20). The molecule has 0 aliphatic carbocycles. The van der Waals surface area contributed by atoms with Crippen molar-refractivity contribution >= 4 is 35.2 Å². The van der Waals surface area contributed by atoms with E-state index < -0.39 is 18.1 Å². The number of thiazole rings is 1. The summed E-state index contributed by atoms with van der Waals surface area (Å²) in [4.78, 5) is 28.1. The van der Waals surface area contributed by atoms with Crippen LogP contribution in [0.25, 0.3) is 0 Å². The summed E-state index contributed by atoms with van der Waals surface area (Å²) in [6.45, 7) is 0.110. The summed E-state index contributed by atoms with van der Waals surface area (Å²) in [6.07, 6.45) is 1.41. The third-order valence-corrected chi connectivity index (χ3v) is 5.08. The molecule has 0 radical (unpaired) electrons. The highest BCUT2D eigenvalue weighted by atomic mass is 32.2. The van der Waals surface area contributed by atoms with E-state index in [9.17, 15) is 14.7 Å². The molecule has 0 fully saturated rings. The fraction of sp³-hybridized carbons (Fsp3) is 0.312. The lowest BCUT2D eigenvalue weighted by Crippen LogP contribution is -2.41. The summed E-state index contributed by atoms with van der Waals surface area (Å²) < 4.78 is 5.05. The number of hydrogen-bond donors (Lipinski definition) is 2. The first-order valence-corrected chi connectivity index (χ1v) is 9.33. The fourth-order valence-electron chi connectivity index (χ4n) is 1.85. The molecule has 1 amide bonds. The van der Waals surface area contributed by atoms with Crippen molar-refractivity contribution in [3.63, 3.8) is 0 Å². The van der Waals surface area contributed by atoms with Gasteiger partial charge in [-0.1, -0.05) is 30.3 Å². The first-order valence-electron chi connectivity index (χ1n) is 7.30. The Labute approximate surface area is 148 Å². The van der Waals surface area contributed by atoms with Crippen molar-refractivity contribution in [3.8, 4) is 0 Å². The van der Waals surface area contributed by atoms with E-state index in [0.717, 1.165) is 16.2 Å². The van der Waals surface area contributed by atoms with Crippen molar-refractivity contribution in [2.45, 2.75) is 24.8 Å². The Hall–Kier alpha value is -2.06. The average molecular weight is 366 g/mol. The van der Waals surface area contributed by atoms with Gasteiger partial charge in [0.2, 0.25) is 0 Å². The van der Waals surface area contributed by atoms with Crippen molar-refractivity contribution < 1.29 is 19.4 Å². The molecule has 2 rings (SSSR count). The minimum Gasteiger partial charge on any atom is -0.480 e. The molecule has 1 aromatic heterocycles. The molecule has 0 aliphatic rings. The number of nitrogens with one attached hydrogen (secondary N) is 1. The quantitative estimate of drug-likeness (QED) is 0.663. The van der Waals surface area contributed by atoms with E-state index in [4.69, 9.17) is 4.74 Å². The molecule has 128 valence electrons. The average Bonchev–Trinajstić information content (AvgIpc) is 3.10. The number of aliphatic carboxylic acids is 1. The van der Waals surface area contributed by atoms with Crippen LogP contribution in [0.1, 0.15) is 16.9 Å². The van der Waals surface area contributed by atoms with E-state index in [1.807, 2.05) is 30.3 Å². The zero-order valence-electron chi connectivity index (χ0n) is 12.9. The minimum absolute atomic E-state index is 0.110. The Morgan fingerprint density at radius 3 is 2.79 bits per heavy atom. The van der Waals surface area contributed by atoms with Gasteiger partial charge in [-0.2, -0.15) is 11.8 Å². The third-order valence-electron chi connectivity index (χ3n) is 3.08. The van der Waals surface area contributed by atoms with Crippen LogP contribution in [-0.2, 0) is 21.9 Å². The van der Waals surface area contributed by atoms with Gasteiger partial charge in [-0.05, 0) is 17.7 Å². The van der Waals surface area contributed by atoms with Crippen molar-refractivity contribution in [2.75, 3.05) is 5.75 Å². The van der Waals surface area contributed by atoms with Gasteiger partial charge in [0.25, 0.3) is 0 Å². The summed E-state index contributed by atoms with van der Waals surface area (Å²) in [6, 6.07) is 8.26. The smallest absolute Gasteiger partial charge is 0.408 e. The van der Waals surface area contributed by atoms with Crippen LogP contribution in [0.4, 0.5) is 4.79 Å². The predicted octanol–water partition coefficient (Wildman–Crippen LogP) is 3.15.